The molecule has 1 aromatic heterocycles. The summed E-state index contributed by atoms with van der Waals surface area (Å²) in [5, 5.41) is 19.3. The molecule has 100 valence electrons. The van der Waals surface area contributed by atoms with E-state index in [1.807, 2.05) is 0 Å². The maximum atomic E-state index is 12.7. The van der Waals surface area contributed by atoms with Gasteiger partial charge in [-0.15, -0.1) is 0 Å². The van der Waals surface area contributed by atoms with Gasteiger partial charge in [0.1, 0.15) is 5.82 Å². The second-order valence-corrected chi connectivity index (χ2v) is 4.78. The van der Waals surface area contributed by atoms with Gasteiger partial charge in [-0.05, 0) is 31.4 Å². The Hall–Kier alpha value is -1.04. The monoisotopic (exact) mass is 254 g/mol. The molecule has 1 aliphatic heterocycles. The molecule has 0 aromatic carbocycles. The number of aromatic nitrogens is 1. The van der Waals surface area contributed by atoms with E-state index in [0.717, 1.165) is 38.7 Å². The number of piperidine rings is 1. The maximum absolute atomic E-state index is 12.7. The number of aliphatic hydroxyl groups excluding tert-OH is 2. The van der Waals surface area contributed by atoms with Crippen LogP contribution < -0.4 is 0 Å². The molecule has 1 saturated heterocycles. The van der Waals surface area contributed by atoms with E-state index in [-0.39, 0.29) is 6.10 Å². The molecule has 2 N–H and O–H groups in total. The Morgan fingerprint density at radius 3 is 2.72 bits per heavy atom. The van der Waals surface area contributed by atoms with Gasteiger partial charge in [0.25, 0.3) is 0 Å². The minimum absolute atomic E-state index is 0.176. The van der Waals surface area contributed by atoms with E-state index >= 15 is 0 Å². The Balaban J connectivity index is 1.77. The average Bonchev–Trinajstić information content (AvgIpc) is 2.38. The van der Waals surface area contributed by atoms with E-state index in [4.69, 9.17) is 0 Å². The van der Waals surface area contributed by atoms with Crippen LogP contribution in [0.25, 0.3) is 0 Å². The Morgan fingerprint density at radius 2 is 2.11 bits per heavy atom. The summed E-state index contributed by atoms with van der Waals surface area (Å²) in [7, 11) is 0. The maximum Gasteiger partial charge on any atom is 0.141 e. The van der Waals surface area contributed by atoms with Crippen LogP contribution in [-0.4, -0.2) is 45.8 Å². The van der Waals surface area contributed by atoms with E-state index in [1.54, 1.807) is 0 Å². The van der Waals surface area contributed by atoms with E-state index < -0.39 is 11.9 Å². The topological polar surface area (TPSA) is 56.6 Å². The molecule has 1 fully saturated rings. The van der Waals surface area contributed by atoms with Crippen molar-refractivity contribution in [3.63, 3.8) is 0 Å². The number of aliphatic hydroxyl groups is 2. The van der Waals surface area contributed by atoms with Crippen molar-refractivity contribution in [2.75, 3.05) is 19.6 Å². The minimum atomic E-state index is -0.655. The SMILES string of the molecule is OC1CCN(CCC(O)c2ccc(F)cn2)CC1. The first-order chi connectivity index (χ1) is 8.65. The van der Waals surface area contributed by atoms with Crippen molar-refractivity contribution in [3.05, 3.63) is 29.8 Å². The van der Waals surface area contributed by atoms with Crippen molar-refractivity contribution in [3.8, 4) is 0 Å². The molecule has 5 heteroatoms. The van der Waals surface area contributed by atoms with Crippen LogP contribution in [0.2, 0.25) is 0 Å². The largest absolute Gasteiger partial charge is 0.393 e. The predicted molar refractivity (Wildman–Crippen MR) is 65.5 cm³/mol. The molecule has 0 amide bonds. The van der Waals surface area contributed by atoms with Gasteiger partial charge >= 0.3 is 0 Å². The van der Waals surface area contributed by atoms with Crippen LogP contribution >= 0.6 is 0 Å². The van der Waals surface area contributed by atoms with Crippen LogP contribution in [-0.2, 0) is 0 Å². The average molecular weight is 254 g/mol. The number of halogens is 1. The fourth-order valence-corrected chi connectivity index (χ4v) is 2.18. The van der Waals surface area contributed by atoms with E-state index in [9.17, 15) is 14.6 Å². The molecule has 0 bridgehead atoms. The summed E-state index contributed by atoms with van der Waals surface area (Å²) >= 11 is 0. The molecular weight excluding hydrogens is 235 g/mol. The van der Waals surface area contributed by atoms with Crippen LogP contribution in [0, 0.1) is 5.82 Å². The third-order valence-electron chi connectivity index (χ3n) is 3.37. The molecule has 1 unspecified atom stereocenters. The van der Waals surface area contributed by atoms with Crippen molar-refractivity contribution < 1.29 is 14.6 Å². The molecule has 1 atom stereocenters. The molecule has 4 nitrogen and oxygen atoms in total. The van der Waals surface area contributed by atoms with Crippen molar-refractivity contribution in [1.29, 1.82) is 0 Å². The van der Waals surface area contributed by atoms with Crippen LogP contribution in [0.5, 0.6) is 0 Å². The van der Waals surface area contributed by atoms with Crippen molar-refractivity contribution in [2.24, 2.45) is 0 Å². The number of rotatable bonds is 4. The van der Waals surface area contributed by atoms with Crippen molar-refractivity contribution in [2.45, 2.75) is 31.5 Å². The lowest BCUT2D eigenvalue weighted by atomic mass is 10.1. The summed E-state index contributed by atoms with van der Waals surface area (Å²) in [5.74, 6) is -0.393. The highest BCUT2D eigenvalue weighted by atomic mass is 19.1. The van der Waals surface area contributed by atoms with Crippen LogP contribution in [0.15, 0.2) is 18.3 Å². The molecule has 0 aliphatic carbocycles. The van der Waals surface area contributed by atoms with E-state index in [0.29, 0.717) is 12.1 Å². The smallest absolute Gasteiger partial charge is 0.141 e. The second kappa shape index (κ2) is 6.22. The van der Waals surface area contributed by atoms with E-state index in [1.165, 1.54) is 12.1 Å². The Bertz CT molecular complexity index is 364. The van der Waals surface area contributed by atoms with Gasteiger partial charge in [-0.25, -0.2) is 4.39 Å². The van der Waals surface area contributed by atoms with Gasteiger partial charge in [0.15, 0.2) is 0 Å². The van der Waals surface area contributed by atoms with Gasteiger partial charge in [0.2, 0.25) is 0 Å². The zero-order chi connectivity index (χ0) is 13.0. The zero-order valence-corrected chi connectivity index (χ0v) is 10.3. The first-order valence-corrected chi connectivity index (χ1v) is 6.35. The van der Waals surface area contributed by atoms with Gasteiger partial charge in [-0.1, -0.05) is 0 Å². The fourth-order valence-electron chi connectivity index (χ4n) is 2.18. The molecule has 2 heterocycles. The first-order valence-electron chi connectivity index (χ1n) is 6.35. The van der Waals surface area contributed by atoms with Gasteiger partial charge < -0.3 is 15.1 Å². The highest BCUT2D eigenvalue weighted by molar-refractivity contribution is 5.07. The number of hydrogen-bond donors (Lipinski definition) is 2. The normalized spacial score (nSPS) is 19.9. The Kier molecular flexibility index (Phi) is 4.63. The number of nitrogens with zero attached hydrogens (tertiary/aromatic N) is 2. The summed E-state index contributed by atoms with van der Waals surface area (Å²) in [6.45, 7) is 2.50. The summed E-state index contributed by atoms with van der Waals surface area (Å²) in [6.07, 6.45) is 2.46. The van der Waals surface area contributed by atoms with Crippen LogP contribution in [0.4, 0.5) is 4.39 Å². The summed E-state index contributed by atoms with van der Waals surface area (Å²) in [5.41, 5.74) is 0.508. The lowest BCUT2D eigenvalue weighted by Gasteiger charge is -2.29. The zero-order valence-electron chi connectivity index (χ0n) is 10.3. The predicted octanol–water partition coefficient (Wildman–Crippen LogP) is 1.10. The third kappa shape index (κ3) is 3.73. The highest BCUT2D eigenvalue weighted by Crippen LogP contribution is 2.17. The van der Waals surface area contributed by atoms with Gasteiger partial charge in [-0.2, -0.15) is 0 Å². The van der Waals surface area contributed by atoms with Gasteiger partial charge in [0, 0.05) is 19.6 Å². The number of hydrogen-bond acceptors (Lipinski definition) is 4. The molecule has 0 radical (unpaired) electrons. The van der Waals surface area contributed by atoms with Gasteiger partial charge in [0.05, 0.1) is 24.1 Å². The fraction of sp³-hybridized carbons (Fsp3) is 0.615. The van der Waals surface area contributed by atoms with Gasteiger partial charge in [-0.3, -0.25) is 4.98 Å². The molecular formula is C13H19FN2O2. The van der Waals surface area contributed by atoms with Crippen molar-refractivity contribution >= 4 is 0 Å². The Morgan fingerprint density at radius 1 is 1.39 bits per heavy atom. The number of pyridine rings is 1. The quantitative estimate of drug-likeness (QED) is 0.845. The second-order valence-electron chi connectivity index (χ2n) is 4.78. The highest BCUT2D eigenvalue weighted by Gasteiger charge is 2.18. The summed E-state index contributed by atoms with van der Waals surface area (Å²) < 4.78 is 12.7. The Labute approximate surface area is 106 Å². The third-order valence-corrected chi connectivity index (χ3v) is 3.37. The van der Waals surface area contributed by atoms with E-state index in [2.05, 4.69) is 9.88 Å². The summed E-state index contributed by atoms with van der Waals surface area (Å²) in [6, 6.07) is 2.82. The molecule has 2 rings (SSSR count). The molecule has 1 aromatic rings. The molecule has 18 heavy (non-hydrogen) atoms. The van der Waals surface area contributed by atoms with Crippen LogP contribution in [0.3, 0.4) is 0 Å². The summed E-state index contributed by atoms with van der Waals surface area (Å²) in [4.78, 5) is 6.09. The molecule has 0 saturated carbocycles. The first kappa shape index (κ1) is 13.4. The van der Waals surface area contributed by atoms with Crippen LogP contribution in [0.1, 0.15) is 31.1 Å². The lowest BCUT2D eigenvalue weighted by Crippen LogP contribution is -2.36. The lowest BCUT2D eigenvalue weighted by molar-refractivity contribution is 0.0705. The minimum Gasteiger partial charge on any atom is -0.393 e. The molecule has 0 spiro atoms. The molecule has 1 aliphatic rings. The number of likely N-dealkylation sites (tertiary alicyclic amines) is 1. The van der Waals surface area contributed by atoms with Crippen molar-refractivity contribution in [1.82, 2.24) is 9.88 Å². The standard InChI is InChI=1S/C13H19FN2O2/c14-10-1-2-12(15-9-10)13(18)5-8-16-6-3-11(17)4-7-16/h1-2,9,11,13,17-18H,3-8H2.